The van der Waals surface area contributed by atoms with Crippen LogP contribution in [0.25, 0.3) is 0 Å². The molecule has 40 heavy (non-hydrogen) atoms. The van der Waals surface area contributed by atoms with Crippen LogP contribution in [0.15, 0.2) is 0 Å². The highest BCUT2D eigenvalue weighted by Crippen LogP contribution is 2.41. The quantitative estimate of drug-likeness (QED) is 0.125. The molecule has 3 saturated heterocycles. The van der Waals surface area contributed by atoms with Crippen molar-refractivity contribution in [1.82, 2.24) is 0 Å². The fourth-order valence-electron chi connectivity index (χ4n) is 6.47. The topological polar surface area (TPSA) is 199 Å². The van der Waals surface area contributed by atoms with E-state index in [1.54, 1.807) is 6.92 Å². The van der Waals surface area contributed by atoms with Gasteiger partial charge >= 0.3 is 0 Å². The monoisotopic (exact) mass is 580 g/mol. The first kappa shape index (κ1) is 34.0. The van der Waals surface area contributed by atoms with E-state index in [1.807, 2.05) is 0 Å². The maximum atomic E-state index is 10.9. The maximum Gasteiger partial charge on any atom is 0.221 e. The van der Waals surface area contributed by atoms with Crippen LogP contribution in [0.1, 0.15) is 84.0 Å². The molecule has 0 bridgehead atoms. The fourth-order valence-corrected chi connectivity index (χ4v) is 6.47. The molecular formula is C28H52O12. The maximum absolute atomic E-state index is 10.9. The molecule has 12 nitrogen and oxygen atoms in total. The van der Waals surface area contributed by atoms with E-state index in [2.05, 4.69) is 0 Å². The van der Waals surface area contributed by atoms with E-state index in [1.165, 1.54) is 7.11 Å². The standard InChI is InChI=1S/C28H52O12/c1-17(13-20(31)25(35)23-15-22(33)26(36)28(16-30,37-2)40-23)24(34)21(32)14-19-9-6-11-27(39-19)10-5-8-18(38-27)7-3-4-12-29/h17-26,29-36H,3-16H2,1-2H3/t17-,18-,19+,20-,21-,22-,23-,24-,25-,26-,27+,28-/m1/s1. The number of unbranched alkanes of at least 4 members (excludes halogenated alkanes) is 1. The van der Waals surface area contributed by atoms with Gasteiger partial charge in [-0.2, -0.15) is 0 Å². The first-order chi connectivity index (χ1) is 19.0. The van der Waals surface area contributed by atoms with Crippen LogP contribution in [-0.2, 0) is 18.9 Å². The SMILES string of the molecule is CO[C@]1(CO)O[C@@H]([C@H](O)[C@H](O)C[C@@H](C)[C@@H](O)[C@H](O)C[C@@H]2CCC[C@]3(CCC[C@@H](CCCCO)O3)O2)C[C@@H](O)[C@H]1O. The van der Waals surface area contributed by atoms with Crippen molar-refractivity contribution >= 4 is 0 Å². The highest BCUT2D eigenvalue weighted by atomic mass is 16.7. The summed E-state index contributed by atoms with van der Waals surface area (Å²) in [5.41, 5.74) is 0. The lowest BCUT2D eigenvalue weighted by molar-refractivity contribution is -0.354. The Labute approximate surface area is 236 Å². The average Bonchev–Trinajstić information content (AvgIpc) is 2.94. The zero-order valence-corrected chi connectivity index (χ0v) is 23.9. The molecular weight excluding hydrogens is 528 g/mol. The van der Waals surface area contributed by atoms with Crippen molar-refractivity contribution in [3.8, 4) is 0 Å². The van der Waals surface area contributed by atoms with Crippen LogP contribution in [0.2, 0.25) is 0 Å². The van der Waals surface area contributed by atoms with Gasteiger partial charge in [0.05, 0.1) is 42.7 Å². The first-order valence-corrected chi connectivity index (χ1v) is 14.9. The number of hydrogen-bond donors (Lipinski definition) is 8. The second-order valence-electron chi connectivity index (χ2n) is 12.0. The molecule has 1 spiro atoms. The lowest BCUT2D eigenvalue weighted by Gasteiger charge is -2.46. The molecule has 0 aliphatic carbocycles. The lowest BCUT2D eigenvalue weighted by atomic mass is 9.85. The fraction of sp³-hybridized carbons (Fsp3) is 1.00. The number of aliphatic hydroxyl groups excluding tert-OH is 8. The van der Waals surface area contributed by atoms with E-state index in [0.29, 0.717) is 0 Å². The van der Waals surface area contributed by atoms with Gasteiger partial charge in [0.2, 0.25) is 5.79 Å². The Balaban J connectivity index is 1.50. The molecule has 12 atom stereocenters. The summed E-state index contributed by atoms with van der Waals surface area (Å²) >= 11 is 0. The highest BCUT2D eigenvalue weighted by molar-refractivity contribution is 4.95. The highest BCUT2D eigenvalue weighted by Gasteiger charge is 2.52. The molecule has 3 aliphatic rings. The molecule has 0 amide bonds. The summed E-state index contributed by atoms with van der Waals surface area (Å²) in [4.78, 5) is 0. The van der Waals surface area contributed by atoms with Crippen LogP contribution in [0.5, 0.6) is 0 Å². The summed E-state index contributed by atoms with van der Waals surface area (Å²) in [6.45, 7) is 1.05. The molecule has 0 unspecified atom stereocenters. The molecule has 0 aromatic heterocycles. The second kappa shape index (κ2) is 15.3. The van der Waals surface area contributed by atoms with Crippen LogP contribution >= 0.6 is 0 Å². The summed E-state index contributed by atoms with van der Waals surface area (Å²) in [6, 6.07) is 0. The van der Waals surface area contributed by atoms with Gasteiger partial charge in [0.1, 0.15) is 18.8 Å². The van der Waals surface area contributed by atoms with Gasteiger partial charge < -0.3 is 59.8 Å². The summed E-state index contributed by atoms with van der Waals surface area (Å²) in [6.07, 6.45) is -1.88. The minimum Gasteiger partial charge on any atom is -0.396 e. The molecule has 0 aromatic rings. The van der Waals surface area contributed by atoms with Crippen LogP contribution in [0.3, 0.4) is 0 Å². The number of ether oxygens (including phenoxy) is 4. The molecule has 0 aromatic carbocycles. The average molecular weight is 581 g/mol. The molecule has 3 heterocycles. The van der Waals surface area contributed by atoms with Gasteiger partial charge in [-0.3, -0.25) is 0 Å². The predicted molar refractivity (Wildman–Crippen MR) is 142 cm³/mol. The molecule has 3 fully saturated rings. The Morgan fingerprint density at radius 2 is 1.55 bits per heavy atom. The zero-order valence-electron chi connectivity index (χ0n) is 23.9. The lowest BCUT2D eigenvalue weighted by Crippen LogP contribution is -2.63. The number of aliphatic hydroxyl groups is 8. The Morgan fingerprint density at radius 1 is 0.900 bits per heavy atom. The van der Waals surface area contributed by atoms with Gasteiger partial charge in [0.25, 0.3) is 0 Å². The van der Waals surface area contributed by atoms with Crippen molar-refractivity contribution in [1.29, 1.82) is 0 Å². The van der Waals surface area contributed by atoms with E-state index >= 15 is 0 Å². The normalized spacial score (nSPS) is 39.0. The predicted octanol–water partition coefficient (Wildman–Crippen LogP) is -0.311. The molecule has 3 rings (SSSR count). The third-order valence-electron chi connectivity index (χ3n) is 8.94. The zero-order chi connectivity index (χ0) is 29.5. The van der Waals surface area contributed by atoms with Crippen LogP contribution in [0.4, 0.5) is 0 Å². The van der Waals surface area contributed by atoms with Crippen molar-refractivity contribution in [2.75, 3.05) is 20.3 Å². The smallest absolute Gasteiger partial charge is 0.221 e. The summed E-state index contributed by atoms with van der Waals surface area (Å²) in [7, 11) is 1.19. The second-order valence-corrected chi connectivity index (χ2v) is 12.0. The van der Waals surface area contributed by atoms with E-state index in [4.69, 9.17) is 24.1 Å². The number of rotatable bonds is 14. The van der Waals surface area contributed by atoms with Gasteiger partial charge in [-0.1, -0.05) is 6.92 Å². The molecule has 12 heteroatoms. The van der Waals surface area contributed by atoms with Gasteiger partial charge in [-0.15, -0.1) is 0 Å². The third kappa shape index (κ3) is 8.33. The van der Waals surface area contributed by atoms with Crippen LogP contribution < -0.4 is 0 Å². The van der Waals surface area contributed by atoms with Gasteiger partial charge in [0.15, 0.2) is 5.79 Å². The molecule has 3 aliphatic heterocycles. The minimum atomic E-state index is -1.94. The number of methoxy groups -OCH3 is 1. The number of hydrogen-bond acceptors (Lipinski definition) is 12. The van der Waals surface area contributed by atoms with E-state index in [0.717, 1.165) is 57.8 Å². The third-order valence-corrected chi connectivity index (χ3v) is 8.94. The van der Waals surface area contributed by atoms with Gasteiger partial charge in [0, 0.05) is 39.4 Å². The summed E-state index contributed by atoms with van der Waals surface area (Å²) in [5.74, 6) is -3.22. The van der Waals surface area contributed by atoms with Crippen molar-refractivity contribution in [3.05, 3.63) is 0 Å². The van der Waals surface area contributed by atoms with Crippen LogP contribution in [0, 0.1) is 5.92 Å². The Morgan fingerprint density at radius 3 is 2.17 bits per heavy atom. The molecule has 0 radical (unpaired) electrons. The van der Waals surface area contributed by atoms with Crippen molar-refractivity contribution in [2.45, 2.75) is 150 Å². The van der Waals surface area contributed by atoms with Crippen LogP contribution in [-0.4, -0.2) is 128 Å². The van der Waals surface area contributed by atoms with E-state index < -0.39 is 66.8 Å². The van der Waals surface area contributed by atoms with E-state index in [-0.39, 0.29) is 38.1 Å². The minimum absolute atomic E-state index is 0.0783. The summed E-state index contributed by atoms with van der Waals surface area (Å²) in [5, 5.41) is 82.3. The van der Waals surface area contributed by atoms with Crippen molar-refractivity contribution in [2.24, 2.45) is 5.92 Å². The van der Waals surface area contributed by atoms with Crippen molar-refractivity contribution < 1.29 is 59.8 Å². The van der Waals surface area contributed by atoms with E-state index in [9.17, 15) is 35.7 Å². The Kier molecular flexibility index (Phi) is 13.0. The largest absolute Gasteiger partial charge is 0.396 e. The summed E-state index contributed by atoms with van der Waals surface area (Å²) < 4.78 is 23.4. The first-order valence-electron chi connectivity index (χ1n) is 14.9. The Bertz CT molecular complexity index is 734. The molecule has 0 saturated carbocycles. The van der Waals surface area contributed by atoms with Crippen molar-refractivity contribution in [3.63, 3.8) is 0 Å². The van der Waals surface area contributed by atoms with Gasteiger partial charge in [-0.25, -0.2) is 0 Å². The van der Waals surface area contributed by atoms with Gasteiger partial charge in [-0.05, 0) is 57.3 Å². The molecule has 236 valence electrons. The molecule has 8 N–H and O–H groups in total. The Hall–Kier alpha value is -0.480.